The molecule has 0 aliphatic heterocycles. The van der Waals surface area contributed by atoms with Gasteiger partial charge in [-0.15, -0.1) is 0 Å². The van der Waals surface area contributed by atoms with E-state index >= 15 is 0 Å². The van der Waals surface area contributed by atoms with Crippen molar-refractivity contribution in [3.8, 4) is 11.1 Å². The lowest BCUT2D eigenvalue weighted by Crippen LogP contribution is -2.30. The van der Waals surface area contributed by atoms with Gasteiger partial charge in [-0.2, -0.15) is 0 Å². The lowest BCUT2D eigenvalue weighted by atomic mass is 10.1. The van der Waals surface area contributed by atoms with E-state index in [1.807, 2.05) is 18.2 Å². The van der Waals surface area contributed by atoms with E-state index in [4.69, 9.17) is 5.73 Å². The van der Waals surface area contributed by atoms with Gasteiger partial charge in [0.25, 0.3) is 5.56 Å². The number of benzene rings is 1. The van der Waals surface area contributed by atoms with Crippen molar-refractivity contribution in [1.82, 2.24) is 9.97 Å². The van der Waals surface area contributed by atoms with Crippen molar-refractivity contribution in [3.63, 3.8) is 0 Å². The molecule has 0 spiro atoms. The van der Waals surface area contributed by atoms with Crippen LogP contribution in [0.4, 0.5) is 5.69 Å². The molecule has 0 radical (unpaired) electrons. The van der Waals surface area contributed by atoms with Gasteiger partial charge in [-0.25, -0.2) is 0 Å². The number of rotatable bonds is 4. The van der Waals surface area contributed by atoms with Crippen LogP contribution in [-0.4, -0.2) is 15.9 Å². The minimum absolute atomic E-state index is 0.153. The first-order chi connectivity index (χ1) is 11.6. The first kappa shape index (κ1) is 15.6. The zero-order valence-corrected chi connectivity index (χ0v) is 12.8. The number of aromatic nitrogens is 2. The van der Waals surface area contributed by atoms with E-state index in [9.17, 15) is 9.59 Å². The molecule has 120 valence electrons. The van der Waals surface area contributed by atoms with E-state index in [1.165, 1.54) is 0 Å². The van der Waals surface area contributed by atoms with Gasteiger partial charge < -0.3 is 16.0 Å². The minimum Gasteiger partial charge on any atom is -0.327 e. The monoisotopic (exact) mass is 320 g/mol. The van der Waals surface area contributed by atoms with E-state index in [2.05, 4.69) is 15.3 Å². The molecule has 24 heavy (non-hydrogen) atoms. The number of carbonyl (C=O) groups is 1. The molecule has 0 unspecified atom stereocenters. The summed E-state index contributed by atoms with van der Waals surface area (Å²) < 4.78 is 0. The summed E-state index contributed by atoms with van der Waals surface area (Å²) in [4.78, 5) is 30.9. The van der Waals surface area contributed by atoms with Crippen molar-refractivity contribution in [2.24, 2.45) is 5.73 Å². The Kier molecular flexibility index (Phi) is 4.49. The molecule has 4 N–H and O–H groups in total. The number of H-pyrrole nitrogens is 1. The summed E-state index contributed by atoms with van der Waals surface area (Å²) >= 11 is 0. The Morgan fingerprint density at radius 2 is 1.79 bits per heavy atom. The van der Waals surface area contributed by atoms with Crippen LogP contribution >= 0.6 is 0 Å². The van der Waals surface area contributed by atoms with Gasteiger partial charge >= 0.3 is 0 Å². The second-order valence-corrected chi connectivity index (χ2v) is 5.24. The number of amides is 1. The van der Waals surface area contributed by atoms with Crippen LogP contribution in [0.25, 0.3) is 11.1 Å². The molecule has 1 atom stereocenters. The normalized spacial score (nSPS) is 11.7. The highest BCUT2D eigenvalue weighted by Gasteiger charge is 2.17. The maximum atomic E-state index is 12.3. The van der Waals surface area contributed by atoms with Crippen molar-refractivity contribution in [2.75, 3.05) is 5.32 Å². The topological polar surface area (TPSA) is 101 Å². The fraction of sp³-hybridized carbons (Fsp3) is 0.0556. The molecule has 6 nitrogen and oxygen atoms in total. The average Bonchev–Trinajstić information content (AvgIpc) is 2.64. The van der Waals surface area contributed by atoms with E-state index in [-0.39, 0.29) is 11.2 Å². The van der Waals surface area contributed by atoms with Crippen molar-refractivity contribution in [3.05, 3.63) is 83.0 Å². The molecule has 0 aliphatic rings. The van der Waals surface area contributed by atoms with Gasteiger partial charge in [0.15, 0.2) is 0 Å². The van der Waals surface area contributed by atoms with Gasteiger partial charge in [0.05, 0.1) is 0 Å². The zero-order chi connectivity index (χ0) is 16.9. The number of nitrogens with one attached hydrogen (secondary N) is 2. The summed E-state index contributed by atoms with van der Waals surface area (Å²) in [5.74, 6) is -0.446. The molecule has 6 heteroatoms. The van der Waals surface area contributed by atoms with Crippen LogP contribution in [0, 0.1) is 0 Å². The summed E-state index contributed by atoms with van der Waals surface area (Å²) in [5, 5.41) is 2.60. The molecule has 0 bridgehead atoms. The van der Waals surface area contributed by atoms with Gasteiger partial charge in [0.1, 0.15) is 11.7 Å². The third-order valence-corrected chi connectivity index (χ3v) is 3.62. The molecular weight excluding hydrogens is 304 g/mol. The Bertz CT molecular complexity index is 892. The molecule has 1 aromatic carbocycles. The van der Waals surface area contributed by atoms with Crippen LogP contribution in [0.5, 0.6) is 0 Å². The summed E-state index contributed by atoms with van der Waals surface area (Å²) in [6.07, 6.45) is 4.90. The van der Waals surface area contributed by atoms with Crippen molar-refractivity contribution >= 4 is 11.6 Å². The van der Waals surface area contributed by atoms with Crippen LogP contribution < -0.4 is 16.6 Å². The number of carbonyl (C=O) groups excluding carboxylic acids is 1. The van der Waals surface area contributed by atoms with Gasteiger partial charge in [0, 0.05) is 24.2 Å². The Labute approximate surface area is 138 Å². The molecule has 1 amide bonds. The first-order valence-electron chi connectivity index (χ1n) is 7.39. The number of anilines is 1. The van der Waals surface area contributed by atoms with Crippen LogP contribution in [0.1, 0.15) is 11.6 Å². The third-order valence-electron chi connectivity index (χ3n) is 3.62. The number of pyridine rings is 2. The van der Waals surface area contributed by atoms with Gasteiger partial charge in [0.2, 0.25) is 5.91 Å². The van der Waals surface area contributed by atoms with Crippen molar-refractivity contribution in [1.29, 1.82) is 0 Å². The smallest absolute Gasteiger partial charge is 0.271 e. The van der Waals surface area contributed by atoms with Crippen LogP contribution in [0.3, 0.4) is 0 Å². The number of aromatic amines is 1. The molecule has 3 aromatic rings. The van der Waals surface area contributed by atoms with Crippen LogP contribution in [0.15, 0.2) is 71.9 Å². The fourth-order valence-corrected chi connectivity index (χ4v) is 2.31. The third kappa shape index (κ3) is 3.39. The Morgan fingerprint density at radius 3 is 2.50 bits per heavy atom. The highest BCUT2D eigenvalue weighted by Crippen LogP contribution is 2.19. The maximum absolute atomic E-state index is 12.3. The quantitative estimate of drug-likeness (QED) is 0.685. The molecule has 0 aliphatic carbocycles. The Balaban J connectivity index is 1.85. The van der Waals surface area contributed by atoms with E-state index < -0.39 is 11.9 Å². The van der Waals surface area contributed by atoms with Crippen LogP contribution in [0.2, 0.25) is 0 Å². The number of hydrogen-bond donors (Lipinski definition) is 3. The summed E-state index contributed by atoms with van der Waals surface area (Å²) in [5.41, 5.74) is 8.04. The highest BCUT2D eigenvalue weighted by atomic mass is 16.2. The van der Waals surface area contributed by atoms with Gasteiger partial charge in [-0.05, 0) is 29.3 Å². The van der Waals surface area contributed by atoms with E-state index in [0.29, 0.717) is 5.56 Å². The van der Waals surface area contributed by atoms with Gasteiger partial charge in [-0.1, -0.05) is 30.3 Å². The molecule has 0 saturated carbocycles. The number of nitrogens with zero attached hydrogens (tertiary/aromatic N) is 1. The van der Waals surface area contributed by atoms with Gasteiger partial charge in [-0.3, -0.25) is 14.6 Å². The zero-order valence-electron chi connectivity index (χ0n) is 12.8. The average molecular weight is 320 g/mol. The molecule has 2 heterocycles. The second-order valence-electron chi connectivity index (χ2n) is 5.24. The lowest BCUT2D eigenvalue weighted by molar-refractivity contribution is -0.117. The SMILES string of the molecule is N[C@H](C(=O)Nc1cc(-c2ccncc2)c[nH]c1=O)c1ccccc1. The maximum Gasteiger partial charge on any atom is 0.271 e. The van der Waals surface area contributed by atoms with E-state index in [1.54, 1.807) is 48.9 Å². The lowest BCUT2D eigenvalue weighted by Gasteiger charge is -2.12. The number of hydrogen-bond acceptors (Lipinski definition) is 4. The van der Waals surface area contributed by atoms with Crippen molar-refractivity contribution < 1.29 is 4.79 Å². The minimum atomic E-state index is -0.852. The summed E-state index contributed by atoms with van der Waals surface area (Å²) in [7, 11) is 0. The molecule has 3 rings (SSSR count). The summed E-state index contributed by atoms with van der Waals surface area (Å²) in [6, 6.07) is 13.4. The summed E-state index contributed by atoms with van der Waals surface area (Å²) in [6.45, 7) is 0. The van der Waals surface area contributed by atoms with Crippen LogP contribution in [-0.2, 0) is 4.79 Å². The molecule has 2 aromatic heterocycles. The second kappa shape index (κ2) is 6.89. The molecule has 0 fully saturated rings. The first-order valence-corrected chi connectivity index (χ1v) is 7.39. The fourth-order valence-electron chi connectivity index (χ4n) is 2.31. The Hall–Kier alpha value is -3.25. The Morgan fingerprint density at radius 1 is 1.08 bits per heavy atom. The number of nitrogens with two attached hydrogens (primary N) is 1. The molecule has 0 saturated heterocycles. The van der Waals surface area contributed by atoms with E-state index in [0.717, 1.165) is 11.1 Å². The molecular formula is C18H16N4O2. The highest BCUT2D eigenvalue weighted by molar-refractivity contribution is 5.95. The van der Waals surface area contributed by atoms with Crippen molar-refractivity contribution in [2.45, 2.75) is 6.04 Å². The predicted molar refractivity (Wildman–Crippen MR) is 92.3 cm³/mol. The predicted octanol–water partition coefficient (Wildman–Crippen LogP) is 2.08. The largest absolute Gasteiger partial charge is 0.327 e. The standard InChI is InChI=1S/C18H16N4O2/c19-16(13-4-2-1-3-5-13)18(24)22-15-10-14(11-21-17(15)23)12-6-8-20-9-7-12/h1-11,16H,19H2,(H,21,23)(H,22,24)/t16-/m0/s1.